The van der Waals surface area contributed by atoms with Gasteiger partial charge in [0, 0.05) is 23.7 Å². The van der Waals surface area contributed by atoms with Crippen molar-refractivity contribution in [3.8, 4) is 0 Å². The monoisotopic (exact) mass is 273 g/mol. The van der Waals surface area contributed by atoms with Gasteiger partial charge in [0.1, 0.15) is 17.5 Å². The Hall–Kier alpha value is -1.42. The van der Waals surface area contributed by atoms with E-state index in [0.29, 0.717) is 36.0 Å². The van der Waals surface area contributed by atoms with Gasteiger partial charge in [-0.2, -0.15) is 0 Å². The Morgan fingerprint density at radius 1 is 1.17 bits per heavy atom. The third-order valence-electron chi connectivity index (χ3n) is 2.75. The third-order valence-corrected chi connectivity index (χ3v) is 2.99. The van der Waals surface area contributed by atoms with E-state index in [9.17, 15) is 13.2 Å². The highest BCUT2D eigenvalue weighted by molar-refractivity contribution is 6.30. The first kappa shape index (κ1) is 13.0. The fourth-order valence-electron chi connectivity index (χ4n) is 1.91. The topological polar surface area (TPSA) is 3.24 Å². The predicted octanol–water partition coefficient (Wildman–Crippen LogP) is 3.90. The van der Waals surface area contributed by atoms with Gasteiger partial charge in [0.25, 0.3) is 0 Å². The van der Waals surface area contributed by atoms with Crippen molar-refractivity contribution in [3.05, 3.63) is 52.3 Å². The van der Waals surface area contributed by atoms with Gasteiger partial charge in [0.15, 0.2) is 0 Å². The minimum Gasteiger partial charge on any atom is -0.366 e. The summed E-state index contributed by atoms with van der Waals surface area (Å²) in [5.41, 5.74) is 0.149. The van der Waals surface area contributed by atoms with Gasteiger partial charge in [-0.1, -0.05) is 11.6 Å². The molecule has 0 saturated heterocycles. The Labute approximate surface area is 108 Å². The van der Waals surface area contributed by atoms with Gasteiger partial charge in [-0.05, 0) is 19.1 Å². The molecule has 1 aliphatic heterocycles. The number of nitrogens with zero attached hydrogens (tertiary/aromatic N) is 1. The van der Waals surface area contributed by atoms with E-state index in [1.165, 1.54) is 6.08 Å². The first-order chi connectivity index (χ1) is 8.52. The summed E-state index contributed by atoms with van der Waals surface area (Å²) in [6, 6.07) is 1.35. The molecule has 1 aliphatic rings. The number of likely N-dealkylation sites (N-methyl/N-ethyl adjacent to an activating group) is 1. The molecule has 1 nitrogen and oxygen atoms in total. The number of allylic oxidation sites excluding steroid dienone is 2. The van der Waals surface area contributed by atoms with Crippen LogP contribution in [-0.2, 0) is 0 Å². The van der Waals surface area contributed by atoms with Crippen LogP contribution in [0.25, 0.3) is 5.70 Å². The molecule has 0 fully saturated rings. The minimum atomic E-state index is -0.929. The van der Waals surface area contributed by atoms with Crippen molar-refractivity contribution in [2.24, 2.45) is 0 Å². The molecule has 1 aromatic rings. The largest absolute Gasteiger partial charge is 0.366 e. The Balaban J connectivity index is 2.54. The summed E-state index contributed by atoms with van der Waals surface area (Å²) in [4.78, 5) is 1.72. The van der Waals surface area contributed by atoms with Crippen LogP contribution in [0.4, 0.5) is 13.2 Å². The molecule has 0 spiro atoms. The molecule has 0 atom stereocenters. The van der Waals surface area contributed by atoms with Crippen LogP contribution >= 0.6 is 11.6 Å². The average molecular weight is 274 g/mol. The minimum absolute atomic E-state index is 0.223. The van der Waals surface area contributed by atoms with E-state index in [1.807, 2.05) is 6.92 Å². The lowest BCUT2D eigenvalue weighted by atomic mass is 10.1. The number of halogens is 4. The number of hydrogen-bond donors (Lipinski definition) is 0. The van der Waals surface area contributed by atoms with Gasteiger partial charge in [-0.15, -0.1) is 0 Å². The fourth-order valence-corrected chi connectivity index (χ4v) is 2.11. The second kappa shape index (κ2) is 5.06. The summed E-state index contributed by atoms with van der Waals surface area (Å²) in [5, 5.41) is 0.587. The lowest BCUT2D eigenvalue weighted by molar-refractivity contribution is 0.444. The maximum Gasteiger partial charge on any atom is 0.138 e. The van der Waals surface area contributed by atoms with Gasteiger partial charge < -0.3 is 4.90 Å². The molecule has 0 saturated carbocycles. The zero-order valence-corrected chi connectivity index (χ0v) is 10.4. The number of benzene rings is 1. The highest BCUT2D eigenvalue weighted by atomic mass is 35.5. The summed E-state index contributed by atoms with van der Waals surface area (Å²) >= 11 is 5.88. The molecule has 0 N–H and O–H groups in total. The summed E-state index contributed by atoms with van der Waals surface area (Å²) in [7, 11) is 0. The van der Waals surface area contributed by atoms with Crippen LogP contribution in [0, 0.1) is 17.5 Å². The van der Waals surface area contributed by atoms with Crippen molar-refractivity contribution >= 4 is 17.3 Å². The first-order valence-corrected chi connectivity index (χ1v) is 5.87. The number of hydrogen-bond acceptors (Lipinski definition) is 1. The predicted molar refractivity (Wildman–Crippen MR) is 65.5 cm³/mol. The first-order valence-electron chi connectivity index (χ1n) is 5.49. The third kappa shape index (κ3) is 2.38. The van der Waals surface area contributed by atoms with Gasteiger partial charge in [-0.3, -0.25) is 0 Å². The van der Waals surface area contributed by atoms with E-state index in [4.69, 9.17) is 11.6 Å². The molecule has 2 rings (SSSR count). The van der Waals surface area contributed by atoms with E-state index in [2.05, 4.69) is 0 Å². The standard InChI is InChI=1S/C13H11ClF3N/c1-2-18-7-8(14)3-4-12(18)13-10(16)5-9(15)6-11(13)17/h3-6H,2,7H2,1H3. The quantitative estimate of drug-likeness (QED) is 0.790. The molecular formula is C13H11ClF3N. The summed E-state index contributed by atoms with van der Waals surface area (Å²) in [6.07, 6.45) is 3.13. The molecular weight excluding hydrogens is 263 g/mol. The lowest BCUT2D eigenvalue weighted by Crippen LogP contribution is -2.26. The molecule has 0 unspecified atom stereocenters. The summed E-state index contributed by atoms with van der Waals surface area (Å²) < 4.78 is 40.3. The van der Waals surface area contributed by atoms with Crippen LogP contribution < -0.4 is 0 Å². The smallest absolute Gasteiger partial charge is 0.138 e. The SMILES string of the molecule is CCN1CC(Cl)=CC=C1c1c(F)cc(F)cc1F. The maximum atomic E-state index is 13.7. The summed E-state index contributed by atoms with van der Waals surface area (Å²) in [5.74, 6) is -2.76. The molecule has 18 heavy (non-hydrogen) atoms. The van der Waals surface area contributed by atoms with Crippen molar-refractivity contribution < 1.29 is 13.2 Å². The molecule has 0 radical (unpaired) electrons. The van der Waals surface area contributed by atoms with Crippen LogP contribution in [-0.4, -0.2) is 18.0 Å². The van der Waals surface area contributed by atoms with Gasteiger partial charge in [0.2, 0.25) is 0 Å². The van der Waals surface area contributed by atoms with Crippen molar-refractivity contribution in [3.63, 3.8) is 0 Å². The van der Waals surface area contributed by atoms with Crippen molar-refractivity contribution in [1.29, 1.82) is 0 Å². The van der Waals surface area contributed by atoms with E-state index >= 15 is 0 Å². The molecule has 1 heterocycles. The van der Waals surface area contributed by atoms with Crippen molar-refractivity contribution in [2.45, 2.75) is 6.92 Å². The fraction of sp³-hybridized carbons (Fsp3) is 0.231. The Bertz CT molecular complexity index is 514. The summed E-state index contributed by atoms with van der Waals surface area (Å²) in [6.45, 7) is 2.79. The molecule has 0 amide bonds. The maximum absolute atomic E-state index is 13.7. The molecule has 1 aromatic carbocycles. The molecule has 0 aromatic heterocycles. The lowest BCUT2D eigenvalue weighted by Gasteiger charge is -2.28. The molecule has 0 bridgehead atoms. The van der Waals surface area contributed by atoms with Crippen molar-refractivity contribution in [1.82, 2.24) is 4.90 Å². The second-order valence-corrected chi connectivity index (χ2v) is 4.41. The van der Waals surface area contributed by atoms with Gasteiger partial charge in [-0.25, -0.2) is 13.2 Å². The second-order valence-electron chi connectivity index (χ2n) is 3.92. The van der Waals surface area contributed by atoms with Gasteiger partial charge >= 0.3 is 0 Å². The van der Waals surface area contributed by atoms with E-state index in [1.54, 1.807) is 11.0 Å². The van der Waals surface area contributed by atoms with E-state index in [0.717, 1.165) is 0 Å². The van der Waals surface area contributed by atoms with Crippen LogP contribution in [0.15, 0.2) is 29.3 Å². The molecule has 5 heteroatoms. The normalized spacial score (nSPS) is 15.5. The highest BCUT2D eigenvalue weighted by Gasteiger charge is 2.21. The molecule has 0 aliphatic carbocycles. The highest BCUT2D eigenvalue weighted by Crippen LogP contribution is 2.29. The zero-order chi connectivity index (χ0) is 13.3. The van der Waals surface area contributed by atoms with Crippen molar-refractivity contribution in [2.75, 3.05) is 13.1 Å². The van der Waals surface area contributed by atoms with Crippen LogP contribution in [0.5, 0.6) is 0 Å². The Morgan fingerprint density at radius 3 is 2.33 bits per heavy atom. The average Bonchev–Trinajstić information content (AvgIpc) is 2.29. The van der Waals surface area contributed by atoms with E-state index in [-0.39, 0.29) is 5.56 Å². The number of rotatable bonds is 2. The van der Waals surface area contributed by atoms with Crippen LogP contribution in [0.2, 0.25) is 0 Å². The Morgan fingerprint density at radius 2 is 1.78 bits per heavy atom. The molecule has 96 valence electrons. The van der Waals surface area contributed by atoms with Gasteiger partial charge in [0.05, 0.1) is 17.8 Å². The zero-order valence-electron chi connectivity index (χ0n) is 9.68. The van der Waals surface area contributed by atoms with Crippen LogP contribution in [0.3, 0.4) is 0 Å². The van der Waals surface area contributed by atoms with Crippen LogP contribution in [0.1, 0.15) is 12.5 Å². The van der Waals surface area contributed by atoms with E-state index < -0.39 is 17.5 Å². The Kier molecular flexibility index (Phi) is 3.66.